The van der Waals surface area contributed by atoms with Crippen LogP contribution < -0.4 is 16.3 Å². The number of rotatable bonds is 6. The van der Waals surface area contributed by atoms with E-state index in [-0.39, 0.29) is 17.4 Å². The number of carbonyl (C=O) groups is 1. The molecule has 6 heteroatoms. The molecule has 1 aromatic rings. The first kappa shape index (κ1) is 22.9. The molecule has 0 bridgehead atoms. The summed E-state index contributed by atoms with van der Waals surface area (Å²) in [6.45, 7) is 18.8. The van der Waals surface area contributed by atoms with Gasteiger partial charge in [-0.05, 0) is 63.5 Å². The summed E-state index contributed by atoms with van der Waals surface area (Å²) in [6.07, 6.45) is 2.05. The summed E-state index contributed by atoms with van der Waals surface area (Å²) < 4.78 is 12.3. The minimum absolute atomic E-state index is 0.0584. The molecular formula is C22H37BN2O3. The van der Waals surface area contributed by atoms with E-state index in [4.69, 9.17) is 9.31 Å². The van der Waals surface area contributed by atoms with Crippen LogP contribution >= 0.6 is 0 Å². The maximum atomic E-state index is 12.9. The van der Waals surface area contributed by atoms with Crippen molar-refractivity contribution in [3.8, 4) is 0 Å². The van der Waals surface area contributed by atoms with E-state index in [1.165, 1.54) is 0 Å². The van der Waals surface area contributed by atoms with Crippen LogP contribution in [0.2, 0.25) is 0 Å². The Morgan fingerprint density at radius 2 is 1.71 bits per heavy atom. The van der Waals surface area contributed by atoms with Gasteiger partial charge in [0.15, 0.2) is 0 Å². The number of amides is 1. The second-order valence-corrected chi connectivity index (χ2v) is 9.91. The summed E-state index contributed by atoms with van der Waals surface area (Å²) >= 11 is 0. The molecule has 1 fully saturated rings. The van der Waals surface area contributed by atoms with Crippen molar-refractivity contribution in [2.45, 2.75) is 92.4 Å². The third-order valence-corrected chi connectivity index (χ3v) is 6.11. The van der Waals surface area contributed by atoms with E-state index in [9.17, 15) is 4.79 Å². The van der Waals surface area contributed by atoms with E-state index in [0.29, 0.717) is 5.56 Å². The van der Waals surface area contributed by atoms with Gasteiger partial charge in [-0.25, -0.2) is 5.43 Å². The molecular weight excluding hydrogens is 351 g/mol. The lowest BCUT2D eigenvalue weighted by atomic mass is 9.75. The Labute approximate surface area is 171 Å². The van der Waals surface area contributed by atoms with E-state index in [1.54, 1.807) is 0 Å². The molecule has 0 radical (unpaired) electrons. The van der Waals surface area contributed by atoms with Crippen molar-refractivity contribution in [3.05, 3.63) is 29.3 Å². The molecule has 5 nitrogen and oxygen atoms in total. The summed E-state index contributed by atoms with van der Waals surface area (Å²) in [6, 6.07) is 5.90. The first-order valence-electron chi connectivity index (χ1n) is 10.3. The quantitative estimate of drug-likeness (QED) is 0.576. The lowest BCUT2D eigenvalue weighted by Gasteiger charge is -2.32. The third kappa shape index (κ3) is 4.78. The summed E-state index contributed by atoms with van der Waals surface area (Å²) in [5.41, 5.74) is 7.79. The predicted molar refractivity (Wildman–Crippen MR) is 116 cm³/mol. The van der Waals surface area contributed by atoms with E-state index in [0.717, 1.165) is 23.9 Å². The number of carbonyl (C=O) groups excluding carboxylic acids is 1. The molecule has 0 aromatic heterocycles. The fourth-order valence-corrected chi connectivity index (χ4v) is 3.36. The standard InChI is InChI=1S/C22H37BN2O3/c1-10-12-18(20(3,4)5)24-25-19(26)16-13-11-14-17(15(16)2)23-27-21(6,7)22(8,9)28-23/h11,13-14,18,24H,10,12H2,1-9H3,(H,25,26). The Kier molecular flexibility index (Phi) is 6.69. The highest BCUT2D eigenvalue weighted by atomic mass is 16.7. The monoisotopic (exact) mass is 388 g/mol. The van der Waals surface area contributed by atoms with Crippen molar-refractivity contribution in [3.63, 3.8) is 0 Å². The van der Waals surface area contributed by atoms with Crippen molar-refractivity contribution >= 4 is 18.5 Å². The lowest BCUT2D eigenvalue weighted by molar-refractivity contribution is 0.00578. The Bertz CT molecular complexity index is 694. The van der Waals surface area contributed by atoms with Gasteiger partial charge < -0.3 is 9.31 Å². The molecule has 1 saturated heterocycles. The fourth-order valence-electron chi connectivity index (χ4n) is 3.36. The molecule has 1 atom stereocenters. The van der Waals surface area contributed by atoms with Crippen LogP contribution in [0.25, 0.3) is 0 Å². The number of hydrazine groups is 1. The van der Waals surface area contributed by atoms with Gasteiger partial charge in [0, 0.05) is 11.6 Å². The molecule has 28 heavy (non-hydrogen) atoms. The minimum atomic E-state index is -0.479. The number of hydrogen-bond donors (Lipinski definition) is 2. The Morgan fingerprint density at radius 1 is 1.14 bits per heavy atom. The van der Waals surface area contributed by atoms with Crippen LogP contribution in [-0.4, -0.2) is 30.3 Å². The molecule has 0 saturated carbocycles. The molecule has 0 aliphatic carbocycles. The van der Waals surface area contributed by atoms with E-state index < -0.39 is 18.3 Å². The number of hydrogen-bond acceptors (Lipinski definition) is 4. The third-order valence-electron chi connectivity index (χ3n) is 6.11. The summed E-state index contributed by atoms with van der Waals surface area (Å²) in [4.78, 5) is 12.9. The number of nitrogens with one attached hydrogen (secondary N) is 2. The summed E-state index contributed by atoms with van der Waals surface area (Å²) in [5.74, 6) is -0.138. The maximum absolute atomic E-state index is 12.9. The van der Waals surface area contributed by atoms with Gasteiger partial charge in [-0.2, -0.15) is 0 Å². The van der Waals surface area contributed by atoms with Gasteiger partial charge in [-0.15, -0.1) is 0 Å². The van der Waals surface area contributed by atoms with Crippen LogP contribution in [0, 0.1) is 12.3 Å². The van der Waals surface area contributed by atoms with Crippen LogP contribution in [0.3, 0.4) is 0 Å². The van der Waals surface area contributed by atoms with E-state index in [1.807, 2.05) is 52.8 Å². The van der Waals surface area contributed by atoms with Gasteiger partial charge in [-0.1, -0.05) is 46.2 Å². The first-order valence-corrected chi connectivity index (χ1v) is 10.3. The van der Waals surface area contributed by atoms with Crippen molar-refractivity contribution in [2.24, 2.45) is 5.41 Å². The van der Waals surface area contributed by atoms with Gasteiger partial charge >= 0.3 is 7.12 Å². The minimum Gasteiger partial charge on any atom is -0.399 e. The molecule has 1 aliphatic rings. The molecule has 0 spiro atoms. The maximum Gasteiger partial charge on any atom is 0.495 e. The molecule has 156 valence electrons. The van der Waals surface area contributed by atoms with Gasteiger partial charge in [0.1, 0.15) is 0 Å². The van der Waals surface area contributed by atoms with Gasteiger partial charge in [0.05, 0.1) is 11.2 Å². The van der Waals surface area contributed by atoms with Crippen molar-refractivity contribution in [1.82, 2.24) is 10.9 Å². The lowest BCUT2D eigenvalue weighted by Crippen LogP contribution is -2.50. The van der Waals surface area contributed by atoms with E-state index in [2.05, 4.69) is 38.5 Å². The zero-order valence-corrected chi connectivity index (χ0v) is 19.0. The average molecular weight is 388 g/mol. The fraction of sp³-hybridized carbons (Fsp3) is 0.682. The highest BCUT2D eigenvalue weighted by Crippen LogP contribution is 2.36. The zero-order valence-electron chi connectivity index (χ0n) is 19.0. The van der Waals surface area contributed by atoms with Crippen molar-refractivity contribution in [1.29, 1.82) is 0 Å². The average Bonchev–Trinajstić information content (AvgIpc) is 2.78. The summed E-state index contributed by atoms with van der Waals surface area (Å²) in [5, 5.41) is 0. The molecule has 1 unspecified atom stereocenters. The van der Waals surface area contributed by atoms with Crippen LogP contribution in [0.4, 0.5) is 0 Å². The predicted octanol–water partition coefficient (Wildman–Crippen LogP) is 3.74. The van der Waals surface area contributed by atoms with E-state index >= 15 is 0 Å². The topological polar surface area (TPSA) is 59.6 Å². The highest BCUT2D eigenvalue weighted by Gasteiger charge is 2.52. The normalized spacial score (nSPS) is 19.5. The van der Waals surface area contributed by atoms with Crippen LogP contribution in [0.1, 0.15) is 84.2 Å². The van der Waals surface area contributed by atoms with Crippen molar-refractivity contribution < 1.29 is 14.1 Å². The second kappa shape index (κ2) is 8.17. The Hall–Kier alpha value is -1.37. The van der Waals surface area contributed by atoms with Crippen molar-refractivity contribution in [2.75, 3.05) is 0 Å². The molecule has 1 aromatic carbocycles. The van der Waals surface area contributed by atoms with Gasteiger partial charge in [0.2, 0.25) is 0 Å². The Balaban J connectivity index is 2.18. The molecule has 2 rings (SSSR count). The molecule has 2 N–H and O–H groups in total. The smallest absolute Gasteiger partial charge is 0.399 e. The van der Waals surface area contributed by atoms with Crippen LogP contribution in [-0.2, 0) is 9.31 Å². The van der Waals surface area contributed by atoms with Crippen LogP contribution in [0.15, 0.2) is 18.2 Å². The zero-order chi connectivity index (χ0) is 21.3. The number of benzene rings is 1. The molecule has 1 aliphatic heterocycles. The van der Waals surface area contributed by atoms with Gasteiger partial charge in [-0.3, -0.25) is 10.2 Å². The largest absolute Gasteiger partial charge is 0.495 e. The van der Waals surface area contributed by atoms with Gasteiger partial charge in [0.25, 0.3) is 5.91 Å². The first-order chi connectivity index (χ1) is 12.8. The highest BCUT2D eigenvalue weighted by molar-refractivity contribution is 6.62. The summed E-state index contributed by atoms with van der Waals surface area (Å²) in [7, 11) is -0.479. The Morgan fingerprint density at radius 3 is 2.21 bits per heavy atom. The molecule has 1 heterocycles. The SMILES string of the molecule is CCCC(NNC(=O)c1cccc(B2OC(C)(C)C(C)(C)O2)c1C)C(C)(C)C. The van der Waals surface area contributed by atoms with Crippen LogP contribution in [0.5, 0.6) is 0 Å². The molecule has 1 amide bonds. The second-order valence-electron chi connectivity index (χ2n) is 9.91.